The van der Waals surface area contributed by atoms with Crippen molar-refractivity contribution in [1.82, 2.24) is 9.78 Å². The summed E-state index contributed by atoms with van der Waals surface area (Å²) in [5.74, 6) is -0.279. The minimum absolute atomic E-state index is 0.0613. The van der Waals surface area contributed by atoms with Crippen LogP contribution in [0.15, 0.2) is 30.6 Å². The third-order valence-electron chi connectivity index (χ3n) is 5.23. The van der Waals surface area contributed by atoms with Crippen LogP contribution in [0.5, 0.6) is 0 Å². The Hall–Kier alpha value is -1.58. The summed E-state index contributed by atoms with van der Waals surface area (Å²) in [6.07, 6.45) is 2.93. The molecule has 0 saturated heterocycles. The molecule has 1 aromatic carbocycles. The number of carbonyl (C=O) groups is 1. The number of rotatable bonds is 4. The first kappa shape index (κ1) is 17.8. The average Bonchev–Trinajstić information content (AvgIpc) is 3.28. The normalized spacial score (nSPS) is 19.1. The molecule has 4 nitrogen and oxygen atoms in total. The first-order valence-corrected chi connectivity index (χ1v) is 9.61. The molecule has 0 unspecified atom stereocenters. The first-order valence-electron chi connectivity index (χ1n) is 8.53. The number of alkyl halides is 3. The summed E-state index contributed by atoms with van der Waals surface area (Å²) in [6, 6.07) is 3.90. The molecule has 1 N–H and O–H groups in total. The Morgan fingerprint density at radius 3 is 2.54 bits per heavy atom. The van der Waals surface area contributed by atoms with E-state index < -0.39 is 17.3 Å². The van der Waals surface area contributed by atoms with Gasteiger partial charge in [-0.05, 0) is 84.4 Å². The van der Waals surface area contributed by atoms with Crippen LogP contribution in [0, 0.1) is 3.57 Å². The predicted molar refractivity (Wildman–Crippen MR) is 98.8 cm³/mol. The van der Waals surface area contributed by atoms with Crippen LogP contribution in [0.2, 0.25) is 0 Å². The lowest BCUT2D eigenvalue weighted by atomic mass is 9.76. The van der Waals surface area contributed by atoms with E-state index in [1.54, 1.807) is 10.9 Å². The highest BCUT2D eigenvalue weighted by atomic mass is 127. The van der Waals surface area contributed by atoms with Crippen LogP contribution in [0.3, 0.4) is 0 Å². The summed E-state index contributed by atoms with van der Waals surface area (Å²) in [6.45, 7) is 0. The molecule has 1 amide bonds. The Morgan fingerprint density at radius 2 is 2.04 bits per heavy atom. The van der Waals surface area contributed by atoms with Gasteiger partial charge in [0.1, 0.15) is 5.54 Å². The zero-order chi connectivity index (χ0) is 18.5. The fourth-order valence-electron chi connectivity index (χ4n) is 3.48. The standard InChI is InChI=1S/C18H17F3IN3O/c19-18(20,21)15-5-4-13(8-14(15)11-2-3-11)24-16(26)17(6-1-7-17)25-10-12(22)9-23-25/h4-5,8-11H,1-3,6-7H2,(H,24,26). The van der Waals surface area contributed by atoms with Crippen LogP contribution in [0.25, 0.3) is 0 Å². The van der Waals surface area contributed by atoms with E-state index in [0.717, 1.165) is 28.9 Å². The van der Waals surface area contributed by atoms with E-state index in [2.05, 4.69) is 33.0 Å². The van der Waals surface area contributed by atoms with Gasteiger partial charge < -0.3 is 5.32 Å². The van der Waals surface area contributed by atoms with E-state index in [1.807, 2.05) is 6.20 Å². The molecule has 8 heteroatoms. The minimum atomic E-state index is -4.37. The number of aromatic nitrogens is 2. The van der Waals surface area contributed by atoms with E-state index >= 15 is 0 Å². The van der Waals surface area contributed by atoms with Gasteiger partial charge >= 0.3 is 6.18 Å². The topological polar surface area (TPSA) is 46.9 Å². The molecule has 26 heavy (non-hydrogen) atoms. The van der Waals surface area contributed by atoms with Gasteiger partial charge in [0.15, 0.2) is 0 Å². The Labute approximate surface area is 162 Å². The monoisotopic (exact) mass is 475 g/mol. The number of hydrogen-bond donors (Lipinski definition) is 1. The van der Waals surface area contributed by atoms with Crippen molar-refractivity contribution in [1.29, 1.82) is 0 Å². The molecule has 1 heterocycles. The van der Waals surface area contributed by atoms with E-state index in [1.165, 1.54) is 12.1 Å². The summed E-state index contributed by atoms with van der Waals surface area (Å²) in [4.78, 5) is 12.9. The Kier molecular flexibility index (Phi) is 4.28. The van der Waals surface area contributed by atoms with Crippen LogP contribution < -0.4 is 5.32 Å². The second kappa shape index (κ2) is 6.24. The largest absolute Gasteiger partial charge is 0.416 e. The molecule has 4 rings (SSSR count). The highest BCUT2D eigenvalue weighted by molar-refractivity contribution is 14.1. The quantitative estimate of drug-likeness (QED) is 0.640. The van der Waals surface area contributed by atoms with E-state index in [9.17, 15) is 18.0 Å². The van der Waals surface area contributed by atoms with Gasteiger partial charge in [-0.2, -0.15) is 18.3 Å². The maximum atomic E-state index is 13.2. The number of hydrogen-bond acceptors (Lipinski definition) is 2. The predicted octanol–water partition coefficient (Wildman–Crippen LogP) is 4.90. The van der Waals surface area contributed by atoms with Gasteiger partial charge in [0, 0.05) is 11.9 Å². The molecule has 0 spiro atoms. The SMILES string of the molecule is O=C(Nc1ccc(C(F)(F)F)c(C2CC2)c1)C1(n2cc(I)cn2)CCC1. The molecule has 2 aliphatic rings. The van der Waals surface area contributed by atoms with Crippen LogP contribution in [0.4, 0.5) is 18.9 Å². The van der Waals surface area contributed by atoms with Crippen molar-refractivity contribution in [3.05, 3.63) is 45.3 Å². The fourth-order valence-corrected chi connectivity index (χ4v) is 3.87. The number of carbonyl (C=O) groups excluding carboxylic acids is 1. The number of halogens is 4. The maximum Gasteiger partial charge on any atom is 0.416 e. The zero-order valence-electron chi connectivity index (χ0n) is 13.8. The molecule has 1 aromatic heterocycles. The number of amides is 1. The number of nitrogens with one attached hydrogen (secondary N) is 1. The smallest absolute Gasteiger partial charge is 0.324 e. The molecule has 2 aliphatic carbocycles. The molecule has 0 atom stereocenters. The van der Waals surface area contributed by atoms with Gasteiger partial charge in [0.05, 0.1) is 15.3 Å². The third-order valence-corrected chi connectivity index (χ3v) is 5.78. The van der Waals surface area contributed by atoms with Crippen molar-refractivity contribution in [2.75, 3.05) is 5.32 Å². The molecular formula is C18H17F3IN3O. The van der Waals surface area contributed by atoms with Gasteiger partial charge in [-0.1, -0.05) is 0 Å². The Balaban J connectivity index is 1.61. The highest BCUT2D eigenvalue weighted by Crippen LogP contribution is 2.47. The molecular weight excluding hydrogens is 458 g/mol. The van der Waals surface area contributed by atoms with Crippen molar-refractivity contribution in [3.8, 4) is 0 Å². The van der Waals surface area contributed by atoms with Crippen LogP contribution in [-0.4, -0.2) is 15.7 Å². The number of benzene rings is 1. The Bertz CT molecular complexity index is 854. The summed E-state index contributed by atoms with van der Waals surface area (Å²) < 4.78 is 42.2. The van der Waals surface area contributed by atoms with Crippen molar-refractivity contribution < 1.29 is 18.0 Å². The summed E-state index contributed by atoms with van der Waals surface area (Å²) in [5.41, 5.74) is -0.645. The summed E-state index contributed by atoms with van der Waals surface area (Å²) in [5, 5.41) is 7.10. The maximum absolute atomic E-state index is 13.2. The van der Waals surface area contributed by atoms with E-state index in [-0.39, 0.29) is 17.4 Å². The highest BCUT2D eigenvalue weighted by Gasteiger charge is 2.47. The van der Waals surface area contributed by atoms with Gasteiger partial charge in [-0.3, -0.25) is 9.48 Å². The van der Waals surface area contributed by atoms with Gasteiger partial charge in [-0.15, -0.1) is 0 Å². The van der Waals surface area contributed by atoms with Crippen LogP contribution >= 0.6 is 22.6 Å². The van der Waals surface area contributed by atoms with Crippen molar-refractivity contribution in [3.63, 3.8) is 0 Å². The number of anilines is 1. The average molecular weight is 475 g/mol. The zero-order valence-corrected chi connectivity index (χ0v) is 16.0. The van der Waals surface area contributed by atoms with Crippen molar-refractivity contribution >= 4 is 34.2 Å². The molecule has 2 aromatic rings. The van der Waals surface area contributed by atoms with Crippen LogP contribution in [0.1, 0.15) is 49.1 Å². The summed E-state index contributed by atoms with van der Waals surface area (Å²) in [7, 11) is 0. The minimum Gasteiger partial charge on any atom is -0.324 e. The second-order valence-corrected chi connectivity index (χ2v) is 8.26. The molecule has 0 aliphatic heterocycles. The molecule has 2 fully saturated rings. The molecule has 0 radical (unpaired) electrons. The van der Waals surface area contributed by atoms with E-state index in [4.69, 9.17) is 0 Å². The lowest BCUT2D eigenvalue weighted by molar-refractivity contribution is -0.138. The lowest BCUT2D eigenvalue weighted by Crippen LogP contribution is -2.51. The fraction of sp³-hybridized carbons (Fsp3) is 0.444. The van der Waals surface area contributed by atoms with Gasteiger partial charge in [0.25, 0.3) is 5.91 Å². The lowest BCUT2D eigenvalue weighted by Gasteiger charge is -2.40. The number of nitrogens with zero attached hydrogens (tertiary/aromatic N) is 2. The first-order chi connectivity index (χ1) is 12.3. The molecule has 2 saturated carbocycles. The van der Waals surface area contributed by atoms with Crippen molar-refractivity contribution in [2.24, 2.45) is 0 Å². The van der Waals surface area contributed by atoms with Crippen LogP contribution in [-0.2, 0) is 16.5 Å². The third kappa shape index (κ3) is 3.12. The Morgan fingerprint density at radius 1 is 1.31 bits per heavy atom. The van der Waals surface area contributed by atoms with Gasteiger partial charge in [-0.25, -0.2) is 0 Å². The van der Waals surface area contributed by atoms with Gasteiger partial charge in [0.2, 0.25) is 0 Å². The second-order valence-electron chi connectivity index (χ2n) is 7.02. The van der Waals surface area contributed by atoms with E-state index in [0.29, 0.717) is 18.5 Å². The molecule has 138 valence electrons. The molecule has 0 bridgehead atoms. The summed E-state index contributed by atoms with van der Waals surface area (Å²) >= 11 is 2.14. The van der Waals surface area contributed by atoms with Crippen molar-refractivity contribution in [2.45, 2.75) is 49.7 Å².